The van der Waals surface area contributed by atoms with Crippen molar-refractivity contribution in [2.24, 2.45) is 0 Å². The average Bonchev–Trinajstić information content (AvgIpc) is 2.75. The quantitative estimate of drug-likeness (QED) is 0.610. The van der Waals surface area contributed by atoms with Gasteiger partial charge in [-0.3, -0.25) is 0 Å². The molecule has 0 saturated carbocycles. The first-order valence-corrected chi connectivity index (χ1v) is 10.3. The highest BCUT2D eigenvalue weighted by atomic mass is 35.5. The molecule has 0 spiro atoms. The molecule has 1 aliphatic rings. The van der Waals surface area contributed by atoms with Gasteiger partial charge in [-0.25, -0.2) is 9.37 Å². The first-order chi connectivity index (χ1) is 14.6. The van der Waals surface area contributed by atoms with Crippen LogP contribution in [0.3, 0.4) is 0 Å². The minimum atomic E-state index is -0.273. The van der Waals surface area contributed by atoms with Gasteiger partial charge in [0, 0.05) is 44.1 Å². The fourth-order valence-corrected chi connectivity index (χ4v) is 3.49. The van der Waals surface area contributed by atoms with E-state index in [1.54, 1.807) is 12.3 Å². The number of halogens is 2. The van der Waals surface area contributed by atoms with Crippen LogP contribution < -0.4 is 15.5 Å². The predicted molar refractivity (Wildman–Crippen MR) is 120 cm³/mol. The molecule has 3 aromatic rings. The molecule has 1 saturated heterocycles. The molecule has 1 aliphatic heterocycles. The van der Waals surface area contributed by atoms with Crippen molar-refractivity contribution in [2.75, 3.05) is 48.8 Å². The van der Waals surface area contributed by atoms with Crippen LogP contribution in [-0.4, -0.2) is 48.1 Å². The zero-order valence-corrected chi connectivity index (χ0v) is 17.5. The van der Waals surface area contributed by atoms with Crippen LogP contribution in [0.1, 0.15) is 5.56 Å². The lowest BCUT2D eigenvalue weighted by Crippen LogP contribution is -2.44. The summed E-state index contributed by atoms with van der Waals surface area (Å²) in [5.74, 6) is 0.659. The van der Waals surface area contributed by atoms with E-state index in [0.717, 1.165) is 37.4 Å². The summed E-state index contributed by atoms with van der Waals surface area (Å²) < 4.78 is 13.3. The van der Waals surface area contributed by atoms with Crippen LogP contribution in [0.25, 0.3) is 0 Å². The molecule has 0 aliphatic carbocycles. The standard InChI is InChI=1S/C22H24ClFN6/c1-29-9-11-30(12-10-29)19-7-5-18(6-8-19)27-22-26-15-20(23)21(28-22)25-14-16-3-2-4-17(24)13-16/h2-8,13,15H,9-12,14H2,1H3,(H2,25,26,27,28). The third-order valence-corrected chi connectivity index (χ3v) is 5.36. The lowest BCUT2D eigenvalue weighted by Gasteiger charge is -2.34. The molecule has 0 unspecified atom stereocenters. The molecular weight excluding hydrogens is 403 g/mol. The lowest BCUT2D eigenvalue weighted by molar-refractivity contribution is 0.313. The number of likely N-dealkylation sites (N-methyl/N-ethyl adjacent to an activating group) is 1. The molecule has 2 N–H and O–H groups in total. The number of piperazine rings is 1. The van der Waals surface area contributed by atoms with E-state index in [1.165, 1.54) is 17.8 Å². The summed E-state index contributed by atoms with van der Waals surface area (Å²) in [4.78, 5) is 13.4. The number of anilines is 4. The molecule has 2 heterocycles. The molecule has 4 rings (SSSR count). The Balaban J connectivity index is 1.40. The second kappa shape index (κ2) is 9.28. The predicted octanol–water partition coefficient (Wildman–Crippen LogP) is 4.38. The van der Waals surface area contributed by atoms with Crippen molar-refractivity contribution in [3.63, 3.8) is 0 Å². The van der Waals surface area contributed by atoms with Gasteiger partial charge >= 0.3 is 0 Å². The third-order valence-electron chi connectivity index (χ3n) is 5.08. The van der Waals surface area contributed by atoms with Gasteiger partial charge in [-0.05, 0) is 49.0 Å². The van der Waals surface area contributed by atoms with Crippen LogP contribution in [0.5, 0.6) is 0 Å². The maximum absolute atomic E-state index is 13.3. The number of hydrogen-bond donors (Lipinski definition) is 2. The lowest BCUT2D eigenvalue weighted by atomic mass is 10.2. The molecule has 30 heavy (non-hydrogen) atoms. The molecule has 0 amide bonds. The fraction of sp³-hybridized carbons (Fsp3) is 0.273. The highest BCUT2D eigenvalue weighted by Gasteiger charge is 2.14. The smallest absolute Gasteiger partial charge is 0.229 e. The summed E-state index contributed by atoms with van der Waals surface area (Å²) in [6.45, 7) is 4.62. The summed E-state index contributed by atoms with van der Waals surface area (Å²) >= 11 is 6.22. The highest BCUT2D eigenvalue weighted by Crippen LogP contribution is 2.24. The topological polar surface area (TPSA) is 56.3 Å². The zero-order chi connectivity index (χ0) is 20.9. The van der Waals surface area contributed by atoms with Gasteiger partial charge in [0.05, 0.1) is 6.20 Å². The maximum Gasteiger partial charge on any atom is 0.229 e. The molecule has 1 fully saturated rings. The number of hydrogen-bond acceptors (Lipinski definition) is 6. The van der Waals surface area contributed by atoms with Gasteiger partial charge < -0.3 is 20.4 Å². The molecule has 8 heteroatoms. The summed E-state index contributed by atoms with van der Waals surface area (Å²) in [5, 5.41) is 6.75. The molecule has 2 aromatic carbocycles. The number of rotatable bonds is 6. The van der Waals surface area contributed by atoms with Crippen LogP contribution in [-0.2, 0) is 6.54 Å². The van der Waals surface area contributed by atoms with E-state index in [2.05, 4.69) is 49.6 Å². The summed E-state index contributed by atoms with van der Waals surface area (Å²) in [6, 6.07) is 14.6. The van der Waals surface area contributed by atoms with Gasteiger partial charge in [0.25, 0.3) is 0 Å². The monoisotopic (exact) mass is 426 g/mol. The molecule has 0 radical (unpaired) electrons. The van der Waals surface area contributed by atoms with Crippen molar-refractivity contribution in [1.82, 2.24) is 14.9 Å². The first kappa shape index (κ1) is 20.4. The normalized spacial score (nSPS) is 14.6. The summed E-state index contributed by atoms with van der Waals surface area (Å²) in [5.41, 5.74) is 2.91. The van der Waals surface area contributed by atoms with Crippen LogP contribution in [0.4, 0.5) is 27.5 Å². The maximum atomic E-state index is 13.3. The Morgan fingerprint density at radius 1 is 1.07 bits per heavy atom. The van der Waals surface area contributed by atoms with E-state index in [-0.39, 0.29) is 5.82 Å². The Morgan fingerprint density at radius 3 is 2.57 bits per heavy atom. The molecule has 6 nitrogen and oxygen atoms in total. The fourth-order valence-electron chi connectivity index (χ4n) is 3.33. The van der Waals surface area contributed by atoms with Crippen molar-refractivity contribution in [1.29, 1.82) is 0 Å². The van der Waals surface area contributed by atoms with Crippen molar-refractivity contribution >= 4 is 34.7 Å². The number of aromatic nitrogens is 2. The molecule has 0 atom stereocenters. The second-order valence-electron chi connectivity index (χ2n) is 7.34. The van der Waals surface area contributed by atoms with E-state index < -0.39 is 0 Å². The number of nitrogens with one attached hydrogen (secondary N) is 2. The van der Waals surface area contributed by atoms with Gasteiger partial charge in [0.2, 0.25) is 5.95 Å². The van der Waals surface area contributed by atoms with Crippen molar-refractivity contribution < 1.29 is 4.39 Å². The van der Waals surface area contributed by atoms with E-state index in [9.17, 15) is 4.39 Å². The van der Waals surface area contributed by atoms with Crippen molar-refractivity contribution in [3.8, 4) is 0 Å². The van der Waals surface area contributed by atoms with Crippen molar-refractivity contribution in [3.05, 3.63) is 71.1 Å². The van der Waals surface area contributed by atoms with E-state index in [1.807, 2.05) is 18.2 Å². The highest BCUT2D eigenvalue weighted by molar-refractivity contribution is 6.32. The molecule has 156 valence electrons. The largest absolute Gasteiger partial charge is 0.369 e. The Hall–Kier alpha value is -2.90. The number of nitrogens with zero attached hydrogens (tertiary/aromatic N) is 4. The van der Waals surface area contributed by atoms with Crippen LogP contribution in [0.2, 0.25) is 5.02 Å². The SMILES string of the molecule is CN1CCN(c2ccc(Nc3ncc(Cl)c(NCc4cccc(F)c4)n3)cc2)CC1. The Kier molecular flexibility index (Phi) is 6.30. The van der Waals surface area contributed by atoms with E-state index in [0.29, 0.717) is 23.3 Å². The summed E-state index contributed by atoms with van der Waals surface area (Å²) in [6.07, 6.45) is 1.55. The Labute approximate surface area is 180 Å². The number of benzene rings is 2. The van der Waals surface area contributed by atoms with Crippen LogP contribution in [0, 0.1) is 5.82 Å². The Bertz CT molecular complexity index is 989. The average molecular weight is 427 g/mol. The van der Waals surface area contributed by atoms with E-state index >= 15 is 0 Å². The van der Waals surface area contributed by atoms with Crippen LogP contribution >= 0.6 is 11.6 Å². The second-order valence-corrected chi connectivity index (χ2v) is 7.74. The third kappa shape index (κ3) is 5.17. The minimum Gasteiger partial charge on any atom is -0.369 e. The molecule has 1 aromatic heterocycles. The van der Waals surface area contributed by atoms with Gasteiger partial charge in [0.1, 0.15) is 10.8 Å². The van der Waals surface area contributed by atoms with Gasteiger partial charge in [-0.1, -0.05) is 23.7 Å². The first-order valence-electron chi connectivity index (χ1n) is 9.88. The van der Waals surface area contributed by atoms with Gasteiger partial charge in [0.15, 0.2) is 5.82 Å². The van der Waals surface area contributed by atoms with Crippen LogP contribution in [0.15, 0.2) is 54.7 Å². The van der Waals surface area contributed by atoms with Crippen molar-refractivity contribution in [2.45, 2.75) is 6.54 Å². The van der Waals surface area contributed by atoms with E-state index in [4.69, 9.17) is 11.6 Å². The minimum absolute atomic E-state index is 0.273. The zero-order valence-electron chi connectivity index (χ0n) is 16.8. The molecular formula is C22H24ClFN6. The van der Waals surface area contributed by atoms with Gasteiger partial charge in [-0.15, -0.1) is 0 Å². The van der Waals surface area contributed by atoms with Gasteiger partial charge in [-0.2, -0.15) is 4.98 Å². The Morgan fingerprint density at radius 2 is 1.83 bits per heavy atom. The summed E-state index contributed by atoms with van der Waals surface area (Å²) in [7, 11) is 2.15. The molecule has 0 bridgehead atoms.